The second-order valence-corrected chi connectivity index (χ2v) is 13.4. The van der Waals surface area contributed by atoms with Crippen molar-refractivity contribution in [3.63, 3.8) is 0 Å². The lowest BCUT2D eigenvalue weighted by Gasteiger charge is -2.40. The van der Waals surface area contributed by atoms with Crippen molar-refractivity contribution in [3.8, 4) is 23.0 Å². The third-order valence-corrected chi connectivity index (χ3v) is 9.61. The SMILES string of the molecule is COc1ccc(Cc2ccccc2OC2OC(COC(=O)OCC3OC(Oc4ccccc4Cc4ccc(OC)cc4)C(O)C(O)C3O)C(O)C(O)C2O)cc1. The van der Waals surface area contributed by atoms with E-state index in [0.717, 1.165) is 22.3 Å². The summed E-state index contributed by atoms with van der Waals surface area (Å²) in [5.41, 5.74) is 3.41. The number of hydrogen-bond donors (Lipinski definition) is 6. The standard InChI is InChI=1S/C41H46O15/c1-49-27-15-11-23(12-16-27)19-25-7-3-5-9-29(25)53-39-37(46)35(44)33(42)31(55-39)21-51-41(48)52-22-32-34(43)36(45)38(47)40(56-32)54-30-10-6-4-8-26(30)20-24-13-17-28(50-2)18-14-24/h3-18,31-40,42-47H,19-22H2,1-2H3. The molecule has 0 amide bonds. The van der Waals surface area contributed by atoms with Crippen LogP contribution in [0.2, 0.25) is 0 Å². The number of benzene rings is 4. The summed E-state index contributed by atoms with van der Waals surface area (Å²) in [6, 6.07) is 29.0. The summed E-state index contributed by atoms with van der Waals surface area (Å²) in [6.45, 7) is -1.24. The van der Waals surface area contributed by atoms with Crippen molar-refractivity contribution in [3.05, 3.63) is 119 Å². The molecule has 0 aliphatic carbocycles. The number of rotatable bonds is 14. The van der Waals surface area contributed by atoms with Crippen LogP contribution in [0.5, 0.6) is 23.0 Å². The van der Waals surface area contributed by atoms with Gasteiger partial charge in [-0.25, -0.2) is 4.79 Å². The van der Waals surface area contributed by atoms with Crippen LogP contribution in [0.4, 0.5) is 4.79 Å². The molecular formula is C41H46O15. The average molecular weight is 779 g/mol. The lowest BCUT2D eigenvalue weighted by Crippen LogP contribution is -2.60. The Morgan fingerprint density at radius 2 is 0.893 bits per heavy atom. The summed E-state index contributed by atoms with van der Waals surface area (Å²) < 4.78 is 44.2. The highest BCUT2D eigenvalue weighted by Gasteiger charge is 2.47. The van der Waals surface area contributed by atoms with Crippen molar-refractivity contribution in [2.75, 3.05) is 27.4 Å². The van der Waals surface area contributed by atoms with Crippen molar-refractivity contribution >= 4 is 6.16 Å². The molecule has 300 valence electrons. The molecule has 56 heavy (non-hydrogen) atoms. The molecule has 15 nitrogen and oxygen atoms in total. The Bertz CT molecular complexity index is 1720. The van der Waals surface area contributed by atoms with Crippen LogP contribution >= 0.6 is 0 Å². The van der Waals surface area contributed by atoms with E-state index in [0.29, 0.717) is 35.8 Å². The van der Waals surface area contributed by atoms with Gasteiger partial charge in [0, 0.05) is 12.8 Å². The van der Waals surface area contributed by atoms with Crippen LogP contribution in [0.15, 0.2) is 97.1 Å². The van der Waals surface area contributed by atoms with Gasteiger partial charge in [0.05, 0.1) is 14.2 Å². The molecule has 4 aromatic carbocycles. The van der Waals surface area contributed by atoms with Gasteiger partial charge in [-0.1, -0.05) is 60.7 Å². The van der Waals surface area contributed by atoms with E-state index < -0.39 is 80.8 Å². The third kappa shape index (κ3) is 9.87. The molecule has 0 radical (unpaired) electrons. The molecule has 2 aliphatic heterocycles. The Kier molecular flexibility index (Phi) is 13.6. The second-order valence-electron chi connectivity index (χ2n) is 13.4. The highest BCUT2D eigenvalue weighted by molar-refractivity contribution is 5.59. The molecule has 2 aliphatic rings. The van der Waals surface area contributed by atoms with Gasteiger partial charge in [-0.15, -0.1) is 0 Å². The highest BCUT2D eigenvalue weighted by atomic mass is 16.8. The van der Waals surface area contributed by atoms with Gasteiger partial charge in [0.2, 0.25) is 12.6 Å². The number of para-hydroxylation sites is 2. The molecule has 4 aromatic rings. The van der Waals surface area contributed by atoms with Crippen LogP contribution in [-0.4, -0.2) is 126 Å². The number of aliphatic hydroxyl groups excluding tert-OH is 6. The van der Waals surface area contributed by atoms with Crippen molar-refractivity contribution in [2.45, 2.75) is 74.3 Å². The number of carbonyl (C=O) groups is 1. The quantitative estimate of drug-likeness (QED) is 0.101. The van der Waals surface area contributed by atoms with Crippen molar-refractivity contribution in [1.82, 2.24) is 0 Å². The highest BCUT2D eigenvalue weighted by Crippen LogP contribution is 2.31. The van der Waals surface area contributed by atoms with Gasteiger partial charge in [-0.05, 0) is 58.7 Å². The van der Waals surface area contributed by atoms with E-state index in [1.54, 1.807) is 38.5 Å². The molecule has 2 heterocycles. The number of ether oxygens (including phenoxy) is 8. The van der Waals surface area contributed by atoms with Crippen LogP contribution < -0.4 is 18.9 Å². The predicted molar refractivity (Wildman–Crippen MR) is 196 cm³/mol. The summed E-state index contributed by atoms with van der Waals surface area (Å²) in [5.74, 6) is 2.13. The Morgan fingerprint density at radius 1 is 0.518 bits per heavy atom. The molecule has 6 N–H and O–H groups in total. The Morgan fingerprint density at radius 3 is 1.27 bits per heavy atom. The molecule has 0 saturated carbocycles. The lowest BCUT2D eigenvalue weighted by molar-refractivity contribution is -0.281. The van der Waals surface area contributed by atoms with E-state index in [1.807, 2.05) is 72.8 Å². The topological polar surface area (TPSA) is 212 Å². The Balaban J connectivity index is 1.03. The van der Waals surface area contributed by atoms with Crippen LogP contribution in [0.3, 0.4) is 0 Å². The minimum absolute atomic E-state index is 0.358. The van der Waals surface area contributed by atoms with Gasteiger partial charge >= 0.3 is 6.16 Å². The van der Waals surface area contributed by atoms with Gasteiger partial charge in [0.15, 0.2) is 0 Å². The van der Waals surface area contributed by atoms with E-state index in [2.05, 4.69) is 0 Å². The van der Waals surface area contributed by atoms with E-state index in [1.165, 1.54) is 0 Å². The smallest absolute Gasteiger partial charge is 0.497 e. The normalized spacial score (nSPS) is 27.5. The van der Waals surface area contributed by atoms with Crippen LogP contribution in [0.1, 0.15) is 22.3 Å². The van der Waals surface area contributed by atoms with E-state index >= 15 is 0 Å². The second kappa shape index (κ2) is 18.8. The zero-order valence-electron chi connectivity index (χ0n) is 30.7. The maximum atomic E-state index is 12.7. The van der Waals surface area contributed by atoms with Gasteiger partial charge in [-0.2, -0.15) is 0 Å². The number of aliphatic hydroxyl groups is 6. The Hall–Kier alpha value is -4.97. The van der Waals surface area contributed by atoms with Crippen LogP contribution in [0, 0.1) is 0 Å². The molecule has 10 atom stereocenters. The molecule has 2 fully saturated rings. The summed E-state index contributed by atoms with van der Waals surface area (Å²) in [4.78, 5) is 12.7. The molecule has 0 bridgehead atoms. The maximum Gasteiger partial charge on any atom is 0.508 e. The number of carbonyl (C=O) groups excluding carboxylic acids is 1. The number of hydrogen-bond acceptors (Lipinski definition) is 15. The fraction of sp³-hybridized carbons (Fsp3) is 0.390. The predicted octanol–water partition coefficient (Wildman–Crippen LogP) is 2.11. The average Bonchev–Trinajstić information content (AvgIpc) is 3.22. The molecule has 0 aromatic heterocycles. The van der Waals surface area contributed by atoms with Crippen LogP contribution in [0.25, 0.3) is 0 Å². The van der Waals surface area contributed by atoms with E-state index in [9.17, 15) is 35.4 Å². The number of methoxy groups -OCH3 is 2. The zero-order valence-corrected chi connectivity index (χ0v) is 30.7. The van der Waals surface area contributed by atoms with E-state index in [-0.39, 0.29) is 0 Å². The first-order chi connectivity index (χ1) is 27.0. The first kappa shape index (κ1) is 40.7. The van der Waals surface area contributed by atoms with Crippen LogP contribution in [-0.2, 0) is 31.8 Å². The summed E-state index contributed by atoms with van der Waals surface area (Å²) in [7, 11) is 3.16. The van der Waals surface area contributed by atoms with Gasteiger partial charge < -0.3 is 68.5 Å². The maximum absolute atomic E-state index is 12.7. The third-order valence-electron chi connectivity index (χ3n) is 9.61. The minimum atomic E-state index is -1.72. The van der Waals surface area contributed by atoms with Crippen molar-refractivity contribution < 1.29 is 73.3 Å². The van der Waals surface area contributed by atoms with Crippen molar-refractivity contribution in [1.29, 1.82) is 0 Å². The largest absolute Gasteiger partial charge is 0.508 e. The molecule has 0 spiro atoms. The molecule has 15 heteroatoms. The summed E-state index contributed by atoms with van der Waals surface area (Å²) in [6.07, 6.45) is -16.0. The molecule has 6 rings (SSSR count). The fourth-order valence-electron chi connectivity index (χ4n) is 6.35. The first-order valence-corrected chi connectivity index (χ1v) is 18.0. The van der Waals surface area contributed by atoms with Gasteiger partial charge in [0.25, 0.3) is 0 Å². The minimum Gasteiger partial charge on any atom is -0.497 e. The first-order valence-electron chi connectivity index (χ1n) is 18.0. The van der Waals surface area contributed by atoms with Gasteiger partial charge in [0.1, 0.15) is 85.0 Å². The fourth-order valence-corrected chi connectivity index (χ4v) is 6.35. The monoisotopic (exact) mass is 778 g/mol. The summed E-state index contributed by atoms with van der Waals surface area (Å²) >= 11 is 0. The van der Waals surface area contributed by atoms with Gasteiger partial charge in [-0.3, -0.25) is 0 Å². The molecule has 2 saturated heterocycles. The Labute approximate surface area is 323 Å². The zero-order chi connectivity index (χ0) is 39.8. The molecular weight excluding hydrogens is 732 g/mol. The molecule has 10 unspecified atom stereocenters. The van der Waals surface area contributed by atoms with E-state index in [4.69, 9.17) is 37.9 Å². The van der Waals surface area contributed by atoms with Crippen molar-refractivity contribution in [2.24, 2.45) is 0 Å². The lowest BCUT2D eigenvalue weighted by atomic mass is 9.99. The summed E-state index contributed by atoms with van der Waals surface area (Å²) in [5, 5.41) is 64.0.